The van der Waals surface area contributed by atoms with Crippen LogP contribution in [0.3, 0.4) is 0 Å². The lowest BCUT2D eigenvalue weighted by Gasteiger charge is -2.16. The Balaban J connectivity index is 2.73. The van der Waals surface area contributed by atoms with Gasteiger partial charge in [-0.3, -0.25) is 11.3 Å². The van der Waals surface area contributed by atoms with Crippen molar-refractivity contribution in [3.05, 3.63) is 47.0 Å². The summed E-state index contributed by atoms with van der Waals surface area (Å²) < 4.78 is 0. The van der Waals surface area contributed by atoms with Gasteiger partial charge in [0.25, 0.3) is 0 Å². The highest BCUT2D eigenvalue weighted by Gasteiger charge is 2.08. The summed E-state index contributed by atoms with van der Waals surface area (Å²) in [6.07, 6.45) is 1.87. The van der Waals surface area contributed by atoms with E-state index >= 15 is 0 Å². The van der Waals surface area contributed by atoms with E-state index in [0.717, 1.165) is 18.4 Å². The third-order valence-electron chi connectivity index (χ3n) is 2.59. The molecule has 1 unspecified atom stereocenters. The van der Waals surface area contributed by atoms with Crippen LogP contribution < -0.4 is 11.3 Å². The molecule has 0 spiro atoms. The minimum Gasteiger partial charge on any atom is -0.271 e. The zero-order chi connectivity index (χ0) is 12.1. The second-order valence-electron chi connectivity index (χ2n) is 4.72. The van der Waals surface area contributed by atoms with Crippen molar-refractivity contribution in [1.82, 2.24) is 5.43 Å². The van der Waals surface area contributed by atoms with Gasteiger partial charge < -0.3 is 0 Å². The predicted molar refractivity (Wildman–Crippen MR) is 70.2 cm³/mol. The number of benzene rings is 1. The molecule has 0 amide bonds. The van der Waals surface area contributed by atoms with Gasteiger partial charge in [0.05, 0.1) is 0 Å². The lowest BCUT2D eigenvalue weighted by Crippen LogP contribution is -2.36. The van der Waals surface area contributed by atoms with E-state index in [9.17, 15) is 0 Å². The van der Waals surface area contributed by atoms with Crippen LogP contribution in [-0.4, -0.2) is 6.04 Å². The number of hydrazine groups is 1. The Morgan fingerprint density at radius 2 is 1.88 bits per heavy atom. The van der Waals surface area contributed by atoms with Crippen molar-refractivity contribution in [3.8, 4) is 0 Å². The van der Waals surface area contributed by atoms with Gasteiger partial charge in [0, 0.05) is 6.04 Å². The van der Waals surface area contributed by atoms with Crippen LogP contribution >= 0.6 is 0 Å². The number of hydrogen-bond donors (Lipinski definition) is 2. The van der Waals surface area contributed by atoms with E-state index in [4.69, 9.17) is 5.84 Å². The first-order valence-corrected chi connectivity index (χ1v) is 5.69. The van der Waals surface area contributed by atoms with Gasteiger partial charge in [-0.25, -0.2) is 0 Å². The topological polar surface area (TPSA) is 38.0 Å². The van der Waals surface area contributed by atoms with Crippen LogP contribution in [0.1, 0.15) is 30.0 Å². The van der Waals surface area contributed by atoms with Crippen LogP contribution in [0, 0.1) is 13.8 Å². The molecule has 16 heavy (non-hydrogen) atoms. The molecule has 1 rings (SSSR count). The molecule has 0 bridgehead atoms. The third-order valence-corrected chi connectivity index (χ3v) is 2.59. The van der Waals surface area contributed by atoms with E-state index in [2.05, 4.69) is 44.1 Å². The molecule has 1 aromatic rings. The standard InChI is InChI=1S/C14H22N2/c1-10(2)5-14(16-15)9-13-7-11(3)6-12(4)8-13/h6-8,14,16H,1,5,9,15H2,2-4H3. The quantitative estimate of drug-likeness (QED) is 0.453. The molecule has 0 aliphatic rings. The van der Waals surface area contributed by atoms with Crippen LogP contribution in [0.25, 0.3) is 0 Å². The maximum absolute atomic E-state index is 5.55. The second kappa shape index (κ2) is 5.83. The first-order valence-electron chi connectivity index (χ1n) is 5.69. The third kappa shape index (κ3) is 4.17. The van der Waals surface area contributed by atoms with Gasteiger partial charge in [-0.1, -0.05) is 34.9 Å². The first kappa shape index (κ1) is 12.9. The molecular formula is C14H22N2. The number of hydrogen-bond acceptors (Lipinski definition) is 2. The maximum atomic E-state index is 5.55. The van der Waals surface area contributed by atoms with Crippen molar-refractivity contribution < 1.29 is 0 Å². The average Bonchev–Trinajstić information content (AvgIpc) is 2.14. The van der Waals surface area contributed by atoms with E-state index in [0.29, 0.717) is 0 Å². The molecule has 0 saturated carbocycles. The summed E-state index contributed by atoms with van der Waals surface area (Å²) in [6, 6.07) is 6.90. The Kier molecular flexibility index (Phi) is 4.71. The van der Waals surface area contributed by atoms with Crippen molar-refractivity contribution in [2.45, 2.75) is 39.7 Å². The molecule has 3 N–H and O–H groups in total. The second-order valence-corrected chi connectivity index (χ2v) is 4.72. The number of aryl methyl sites for hydroxylation is 2. The molecule has 0 saturated heterocycles. The maximum Gasteiger partial charge on any atom is 0.0287 e. The monoisotopic (exact) mass is 218 g/mol. The van der Waals surface area contributed by atoms with Crippen LogP contribution in [0.5, 0.6) is 0 Å². The predicted octanol–water partition coefficient (Wildman–Crippen LogP) is 2.64. The highest BCUT2D eigenvalue weighted by molar-refractivity contribution is 5.29. The Labute approximate surface area is 98.5 Å². The molecular weight excluding hydrogens is 196 g/mol. The van der Waals surface area contributed by atoms with Gasteiger partial charge in [0.2, 0.25) is 0 Å². The van der Waals surface area contributed by atoms with E-state index in [1.807, 2.05) is 6.92 Å². The van der Waals surface area contributed by atoms with Gasteiger partial charge in [-0.15, -0.1) is 6.58 Å². The van der Waals surface area contributed by atoms with Crippen LogP contribution in [-0.2, 0) is 6.42 Å². The van der Waals surface area contributed by atoms with Gasteiger partial charge in [-0.05, 0) is 39.2 Å². The van der Waals surface area contributed by atoms with Gasteiger partial charge in [-0.2, -0.15) is 0 Å². The van der Waals surface area contributed by atoms with Crippen molar-refractivity contribution >= 4 is 0 Å². The minimum absolute atomic E-state index is 0.277. The molecule has 1 atom stereocenters. The Hall–Kier alpha value is -1.12. The van der Waals surface area contributed by atoms with E-state index < -0.39 is 0 Å². The first-order chi connectivity index (χ1) is 7.51. The summed E-state index contributed by atoms with van der Waals surface area (Å²) in [5.74, 6) is 5.55. The van der Waals surface area contributed by atoms with Crippen molar-refractivity contribution in [3.63, 3.8) is 0 Å². The van der Waals surface area contributed by atoms with Crippen LogP contribution in [0.2, 0.25) is 0 Å². The van der Waals surface area contributed by atoms with E-state index in [1.54, 1.807) is 0 Å². The summed E-state index contributed by atoms with van der Waals surface area (Å²) in [4.78, 5) is 0. The SMILES string of the molecule is C=C(C)CC(Cc1cc(C)cc(C)c1)NN. The van der Waals surface area contributed by atoms with Crippen molar-refractivity contribution in [2.24, 2.45) is 5.84 Å². The molecule has 2 heteroatoms. The van der Waals surface area contributed by atoms with Crippen LogP contribution in [0.4, 0.5) is 0 Å². The lowest BCUT2D eigenvalue weighted by molar-refractivity contribution is 0.521. The Morgan fingerprint density at radius 1 is 1.31 bits per heavy atom. The van der Waals surface area contributed by atoms with Gasteiger partial charge in [0.1, 0.15) is 0 Å². The molecule has 1 aromatic carbocycles. The van der Waals surface area contributed by atoms with Gasteiger partial charge in [0.15, 0.2) is 0 Å². The molecule has 0 heterocycles. The smallest absolute Gasteiger partial charge is 0.0287 e. The fraction of sp³-hybridized carbons (Fsp3) is 0.429. The summed E-state index contributed by atoms with van der Waals surface area (Å²) in [5.41, 5.74) is 7.97. The van der Waals surface area contributed by atoms with Crippen molar-refractivity contribution in [1.29, 1.82) is 0 Å². The summed E-state index contributed by atoms with van der Waals surface area (Å²) >= 11 is 0. The summed E-state index contributed by atoms with van der Waals surface area (Å²) in [5, 5.41) is 0. The summed E-state index contributed by atoms with van der Waals surface area (Å²) in [7, 11) is 0. The number of nitrogens with two attached hydrogens (primary N) is 1. The van der Waals surface area contributed by atoms with Gasteiger partial charge >= 0.3 is 0 Å². The highest BCUT2D eigenvalue weighted by atomic mass is 15.2. The summed E-state index contributed by atoms with van der Waals surface area (Å²) in [6.45, 7) is 10.2. The zero-order valence-corrected chi connectivity index (χ0v) is 10.5. The minimum atomic E-state index is 0.277. The van der Waals surface area contributed by atoms with Crippen LogP contribution in [0.15, 0.2) is 30.4 Å². The molecule has 2 nitrogen and oxygen atoms in total. The van der Waals surface area contributed by atoms with E-state index in [1.165, 1.54) is 16.7 Å². The molecule has 0 aliphatic heterocycles. The highest BCUT2D eigenvalue weighted by Crippen LogP contribution is 2.13. The zero-order valence-electron chi connectivity index (χ0n) is 10.5. The van der Waals surface area contributed by atoms with E-state index in [-0.39, 0.29) is 6.04 Å². The molecule has 0 aromatic heterocycles. The molecule has 0 aliphatic carbocycles. The lowest BCUT2D eigenvalue weighted by atomic mass is 9.98. The fourth-order valence-electron chi connectivity index (χ4n) is 2.08. The molecule has 0 radical (unpaired) electrons. The normalized spacial score (nSPS) is 12.5. The number of rotatable bonds is 5. The Bertz CT molecular complexity index is 349. The fourth-order valence-corrected chi connectivity index (χ4v) is 2.08. The van der Waals surface area contributed by atoms with Crippen molar-refractivity contribution in [2.75, 3.05) is 0 Å². The number of nitrogens with one attached hydrogen (secondary N) is 1. The average molecular weight is 218 g/mol. The largest absolute Gasteiger partial charge is 0.271 e. The molecule has 88 valence electrons. The Morgan fingerprint density at radius 3 is 2.31 bits per heavy atom. The molecule has 0 fully saturated rings.